The lowest BCUT2D eigenvalue weighted by molar-refractivity contribution is 0.00204. The van der Waals surface area contributed by atoms with E-state index in [2.05, 4.69) is 0 Å². The fourth-order valence-corrected chi connectivity index (χ4v) is 1.64. The quantitative estimate of drug-likeness (QED) is 0.624. The molecule has 15 heavy (non-hydrogen) atoms. The topological polar surface area (TPSA) is 29.5 Å². The van der Waals surface area contributed by atoms with Gasteiger partial charge >= 0.3 is 6.09 Å². The summed E-state index contributed by atoms with van der Waals surface area (Å²) >= 11 is 0. The SMILES string of the molecule is CC1CCC(F)CN1C(=O)OC(C)(C)C. The Kier molecular flexibility index (Phi) is 3.58. The van der Waals surface area contributed by atoms with Crippen LogP contribution >= 0.6 is 0 Å². The number of piperidine rings is 1. The minimum Gasteiger partial charge on any atom is -0.444 e. The van der Waals surface area contributed by atoms with Gasteiger partial charge in [-0.15, -0.1) is 0 Å². The molecular formula is C11H20FNO2. The lowest BCUT2D eigenvalue weighted by Gasteiger charge is -2.36. The van der Waals surface area contributed by atoms with Crippen molar-refractivity contribution < 1.29 is 13.9 Å². The van der Waals surface area contributed by atoms with E-state index >= 15 is 0 Å². The third kappa shape index (κ3) is 3.68. The number of carbonyl (C=O) groups is 1. The van der Waals surface area contributed by atoms with Crippen LogP contribution in [0.5, 0.6) is 0 Å². The van der Waals surface area contributed by atoms with Crippen LogP contribution in [-0.4, -0.2) is 35.4 Å². The van der Waals surface area contributed by atoms with Gasteiger partial charge in [0.15, 0.2) is 0 Å². The van der Waals surface area contributed by atoms with Gasteiger partial charge in [-0.2, -0.15) is 0 Å². The van der Waals surface area contributed by atoms with Gasteiger partial charge in [0.1, 0.15) is 11.8 Å². The minimum atomic E-state index is -0.909. The third-order valence-electron chi connectivity index (χ3n) is 2.45. The van der Waals surface area contributed by atoms with Gasteiger partial charge in [0.05, 0.1) is 6.54 Å². The second-order valence-electron chi connectivity index (χ2n) is 5.16. The molecule has 2 unspecified atom stereocenters. The first-order valence-corrected chi connectivity index (χ1v) is 5.43. The average molecular weight is 217 g/mol. The first-order valence-electron chi connectivity index (χ1n) is 5.43. The van der Waals surface area contributed by atoms with Crippen molar-refractivity contribution in [1.29, 1.82) is 0 Å². The molecule has 1 heterocycles. The highest BCUT2D eigenvalue weighted by Gasteiger charge is 2.31. The van der Waals surface area contributed by atoms with Crippen molar-refractivity contribution in [3.05, 3.63) is 0 Å². The Morgan fingerprint density at radius 1 is 1.40 bits per heavy atom. The van der Waals surface area contributed by atoms with Crippen LogP contribution in [0, 0.1) is 0 Å². The molecule has 4 heteroatoms. The Morgan fingerprint density at radius 3 is 2.53 bits per heavy atom. The standard InChI is InChI=1S/C11H20FNO2/c1-8-5-6-9(12)7-13(8)10(14)15-11(2,3)4/h8-9H,5-7H2,1-4H3. The fourth-order valence-electron chi connectivity index (χ4n) is 1.64. The molecule has 0 aromatic carbocycles. The number of hydrogen-bond acceptors (Lipinski definition) is 2. The molecule has 0 radical (unpaired) electrons. The maximum atomic E-state index is 13.2. The van der Waals surface area contributed by atoms with Crippen LogP contribution in [0.4, 0.5) is 9.18 Å². The molecular weight excluding hydrogens is 197 g/mol. The van der Waals surface area contributed by atoms with E-state index in [0.29, 0.717) is 12.8 Å². The Labute approximate surface area is 90.6 Å². The van der Waals surface area contributed by atoms with E-state index in [9.17, 15) is 9.18 Å². The Bertz CT molecular complexity index is 237. The van der Waals surface area contributed by atoms with Gasteiger partial charge in [-0.3, -0.25) is 0 Å². The molecule has 88 valence electrons. The summed E-state index contributed by atoms with van der Waals surface area (Å²) in [4.78, 5) is 13.2. The zero-order chi connectivity index (χ0) is 11.6. The average Bonchev–Trinajstić information content (AvgIpc) is 2.06. The van der Waals surface area contributed by atoms with Crippen molar-refractivity contribution in [3.63, 3.8) is 0 Å². The van der Waals surface area contributed by atoms with Gasteiger partial charge in [-0.25, -0.2) is 9.18 Å². The molecule has 0 saturated carbocycles. The predicted octanol–water partition coefficient (Wildman–Crippen LogP) is 2.74. The van der Waals surface area contributed by atoms with Crippen LogP contribution < -0.4 is 0 Å². The number of likely N-dealkylation sites (tertiary alicyclic amines) is 1. The number of amides is 1. The van der Waals surface area contributed by atoms with E-state index in [1.807, 2.05) is 27.7 Å². The van der Waals surface area contributed by atoms with Crippen molar-refractivity contribution >= 4 is 6.09 Å². The third-order valence-corrected chi connectivity index (χ3v) is 2.45. The molecule has 1 saturated heterocycles. The van der Waals surface area contributed by atoms with E-state index in [1.165, 1.54) is 4.90 Å². The number of hydrogen-bond donors (Lipinski definition) is 0. The van der Waals surface area contributed by atoms with Crippen LogP contribution in [-0.2, 0) is 4.74 Å². The van der Waals surface area contributed by atoms with Gasteiger partial charge in [0.25, 0.3) is 0 Å². The predicted molar refractivity (Wildman–Crippen MR) is 56.5 cm³/mol. The van der Waals surface area contributed by atoms with Crippen molar-refractivity contribution in [2.75, 3.05) is 6.54 Å². The number of ether oxygens (including phenoxy) is 1. The number of carbonyl (C=O) groups excluding carboxylic acids is 1. The smallest absolute Gasteiger partial charge is 0.410 e. The molecule has 1 aliphatic rings. The number of halogens is 1. The van der Waals surface area contributed by atoms with E-state index in [0.717, 1.165) is 0 Å². The second kappa shape index (κ2) is 4.37. The van der Waals surface area contributed by atoms with Gasteiger partial charge in [0, 0.05) is 6.04 Å². The highest BCUT2D eigenvalue weighted by molar-refractivity contribution is 5.68. The summed E-state index contributed by atoms with van der Waals surface area (Å²) in [5.41, 5.74) is -0.514. The first-order chi connectivity index (χ1) is 6.79. The molecule has 1 amide bonds. The summed E-state index contributed by atoms with van der Waals surface area (Å²) in [5.74, 6) is 0. The Balaban J connectivity index is 2.57. The van der Waals surface area contributed by atoms with Crippen molar-refractivity contribution in [2.24, 2.45) is 0 Å². The molecule has 1 fully saturated rings. The second-order valence-corrected chi connectivity index (χ2v) is 5.16. The normalized spacial score (nSPS) is 27.7. The van der Waals surface area contributed by atoms with Crippen molar-refractivity contribution in [1.82, 2.24) is 4.90 Å². The summed E-state index contributed by atoms with van der Waals surface area (Å²) in [6.45, 7) is 7.53. The highest BCUT2D eigenvalue weighted by Crippen LogP contribution is 2.21. The van der Waals surface area contributed by atoms with Crippen LogP contribution in [0.15, 0.2) is 0 Å². The van der Waals surface area contributed by atoms with Gasteiger partial charge in [-0.05, 0) is 40.5 Å². The molecule has 0 spiro atoms. The first kappa shape index (κ1) is 12.3. The zero-order valence-corrected chi connectivity index (χ0v) is 9.92. The molecule has 3 nitrogen and oxygen atoms in total. The summed E-state index contributed by atoms with van der Waals surface area (Å²) in [7, 11) is 0. The molecule has 0 N–H and O–H groups in total. The summed E-state index contributed by atoms with van der Waals surface area (Å²) in [6, 6.07) is 0.0758. The molecule has 0 aromatic rings. The largest absolute Gasteiger partial charge is 0.444 e. The van der Waals surface area contributed by atoms with Crippen molar-refractivity contribution in [2.45, 2.75) is 58.4 Å². The van der Waals surface area contributed by atoms with Gasteiger partial charge < -0.3 is 9.64 Å². The van der Waals surface area contributed by atoms with E-state index < -0.39 is 17.9 Å². The van der Waals surface area contributed by atoms with E-state index in [-0.39, 0.29) is 12.6 Å². The molecule has 0 aromatic heterocycles. The summed E-state index contributed by atoms with van der Waals surface area (Å²) in [5, 5.41) is 0. The molecule has 1 rings (SSSR count). The van der Waals surface area contributed by atoms with Crippen LogP contribution in [0.3, 0.4) is 0 Å². The maximum absolute atomic E-state index is 13.2. The van der Waals surface area contributed by atoms with Gasteiger partial charge in [0.2, 0.25) is 0 Å². The number of rotatable bonds is 0. The van der Waals surface area contributed by atoms with E-state index in [1.54, 1.807) is 0 Å². The minimum absolute atomic E-state index is 0.0758. The number of alkyl halides is 1. The Morgan fingerprint density at radius 2 is 2.00 bits per heavy atom. The maximum Gasteiger partial charge on any atom is 0.410 e. The van der Waals surface area contributed by atoms with Crippen LogP contribution in [0.1, 0.15) is 40.5 Å². The summed E-state index contributed by atoms with van der Waals surface area (Å²) < 4.78 is 18.4. The molecule has 0 bridgehead atoms. The monoisotopic (exact) mass is 217 g/mol. The van der Waals surface area contributed by atoms with Crippen molar-refractivity contribution in [3.8, 4) is 0 Å². The lowest BCUT2D eigenvalue weighted by atomic mass is 10.0. The molecule has 1 aliphatic heterocycles. The molecule has 0 aliphatic carbocycles. The Hall–Kier alpha value is -0.800. The molecule has 2 atom stereocenters. The highest BCUT2D eigenvalue weighted by atomic mass is 19.1. The van der Waals surface area contributed by atoms with Gasteiger partial charge in [-0.1, -0.05) is 0 Å². The van der Waals surface area contributed by atoms with Crippen LogP contribution in [0.25, 0.3) is 0 Å². The number of nitrogens with zero attached hydrogens (tertiary/aromatic N) is 1. The lowest BCUT2D eigenvalue weighted by Crippen LogP contribution is -2.48. The van der Waals surface area contributed by atoms with Crippen LogP contribution in [0.2, 0.25) is 0 Å². The fraction of sp³-hybridized carbons (Fsp3) is 0.909. The zero-order valence-electron chi connectivity index (χ0n) is 9.92. The summed E-state index contributed by atoms with van der Waals surface area (Å²) in [6.07, 6.45) is -0.0630. The van der Waals surface area contributed by atoms with E-state index in [4.69, 9.17) is 4.74 Å².